The van der Waals surface area contributed by atoms with E-state index < -0.39 is 38.2 Å². The highest BCUT2D eigenvalue weighted by Gasteiger charge is 2.43. The molecule has 3 heterocycles. The lowest BCUT2D eigenvalue weighted by molar-refractivity contribution is -0.143. The number of imidazole rings is 1. The number of rotatable bonds is 23. The smallest absolute Gasteiger partial charge is 0.361 e. The molecule has 6 atom stereocenters. The Morgan fingerprint density at radius 1 is 1.00 bits per heavy atom. The minimum Gasteiger partial charge on any atom is -0.382 e. The van der Waals surface area contributed by atoms with Gasteiger partial charge in [0.1, 0.15) is 24.2 Å². The van der Waals surface area contributed by atoms with Gasteiger partial charge in [0.2, 0.25) is 0 Å². The van der Waals surface area contributed by atoms with Crippen LogP contribution >= 0.6 is 7.60 Å². The molecule has 1 fully saturated rings. The zero-order chi connectivity index (χ0) is 31.1. The number of ether oxygens (including phenoxy) is 3. The zero-order valence-electron chi connectivity index (χ0n) is 26.3. The zero-order valence-corrected chi connectivity index (χ0v) is 27.2. The predicted molar refractivity (Wildman–Crippen MR) is 166 cm³/mol. The molecule has 0 spiro atoms. The van der Waals surface area contributed by atoms with Crippen LogP contribution in [0, 0.1) is 0 Å². The first-order chi connectivity index (χ1) is 20.8. The van der Waals surface area contributed by atoms with Gasteiger partial charge < -0.3 is 29.9 Å². The van der Waals surface area contributed by atoms with Crippen LogP contribution in [0.15, 0.2) is 12.7 Å². The van der Waals surface area contributed by atoms with Crippen LogP contribution in [0.5, 0.6) is 0 Å². The van der Waals surface area contributed by atoms with E-state index in [0.29, 0.717) is 30.6 Å². The summed E-state index contributed by atoms with van der Waals surface area (Å²) in [6.45, 7) is 4.21. The molecule has 43 heavy (non-hydrogen) atoms. The average molecular weight is 628 g/mol. The van der Waals surface area contributed by atoms with Gasteiger partial charge >= 0.3 is 7.60 Å². The predicted octanol–water partition coefficient (Wildman–Crippen LogP) is 6.47. The molecule has 2 aromatic heterocycles. The Labute approximate surface area is 256 Å². The van der Waals surface area contributed by atoms with Crippen LogP contribution in [-0.4, -0.2) is 67.6 Å². The highest BCUT2D eigenvalue weighted by atomic mass is 31.2. The van der Waals surface area contributed by atoms with Crippen molar-refractivity contribution < 1.29 is 33.3 Å². The van der Waals surface area contributed by atoms with Crippen molar-refractivity contribution in [2.45, 2.75) is 147 Å². The highest BCUT2D eigenvalue weighted by molar-refractivity contribution is 7.53. The molecule has 0 radical (unpaired) electrons. The Bertz CT molecular complexity index is 1110. The number of fused-ring (bicyclic) bond motifs is 1. The molecule has 0 aliphatic carbocycles. The maximum atomic E-state index is 13.2. The molecule has 12 nitrogen and oxygen atoms in total. The molecule has 3 rings (SSSR count). The number of methoxy groups -OCH3 is 1. The maximum absolute atomic E-state index is 13.2. The number of unbranched alkanes of at least 4 members (excludes halogenated alkanes) is 13. The first-order valence-electron chi connectivity index (χ1n) is 16.2. The minimum absolute atomic E-state index is 0.260. The molecule has 0 amide bonds. The molecule has 2 aromatic rings. The molecule has 1 aliphatic heterocycles. The largest absolute Gasteiger partial charge is 0.382 e. The molecule has 1 aliphatic rings. The van der Waals surface area contributed by atoms with E-state index >= 15 is 0 Å². The van der Waals surface area contributed by atoms with Gasteiger partial charge in [-0.3, -0.25) is 13.7 Å². The fourth-order valence-electron chi connectivity index (χ4n) is 5.53. The summed E-state index contributed by atoms with van der Waals surface area (Å²) in [5.74, 6) is -0.973. The first kappa shape index (κ1) is 35.8. The third-order valence-electron chi connectivity index (χ3n) is 8.19. The number of aromatic nitrogens is 4. The molecule has 0 aromatic carbocycles. The van der Waals surface area contributed by atoms with Crippen molar-refractivity contribution in [3.05, 3.63) is 12.7 Å². The Morgan fingerprint density at radius 3 is 2.21 bits per heavy atom. The van der Waals surface area contributed by atoms with Crippen molar-refractivity contribution in [1.29, 1.82) is 0 Å². The monoisotopic (exact) mass is 627 g/mol. The van der Waals surface area contributed by atoms with Crippen LogP contribution < -0.4 is 5.73 Å². The fraction of sp³-hybridized carbons (Fsp3) is 0.833. The van der Waals surface area contributed by atoms with Gasteiger partial charge in [-0.1, -0.05) is 90.4 Å². The van der Waals surface area contributed by atoms with E-state index in [0.717, 1.165) is 19.3 Å². The van der Waals surface area contributed by atoms with Gasteiger partial charge in [-0.25, -0.2) is 15.0 Å². The second-order valence-corrected chi connectivity index (χ2v) is 13.5. The summed E-state index contributed by atoms with van der Waals surface area (Å²) < 4.78 is 37.4. The Kier molecular flexibility index (Phi) is 15.8. The number of nitrogens with two attached hydrogens (primary N) is 1. The number of nitrogens with zero attached hydrogens (tertiary/aromatic N) is 4. The highest BCUT2D eigenvalue weighted by Crippen LogP contribution is 2.52. The van der Waals surface area contributed by atoms with Crippen molar-refractivity contribution in [2.24, 2.45) is 0 Å². The standard InChI is InChI=1S/C30H54N5O7P/c1-4-5-6-7-8-9-10-11-12-13-14-15-16-17-20-40-30(23(2)39-3)43(37,38)42-29(36)24-18-19-25(41-24)35-22-34-26-27(31)32-21-33-28(26)35/h21-25,29-30,36H,4-20H2,1-3H3,(H,37,38)(H2,31,32,33)/t23?,24-,25+,29?,30?/m0/s1. The molecule has 0 saturated carbocycles. The second kappa shape index (κ2) is 19.0. The molecule has 0 bridgehead atoms. The van der Waals surface area contributed by atoms with Gasteiger partial charge in [-0.15, -0.1) is 0 Å². The molecule has 246 valence electrons. The van der Waals surface area contributed by atoms with E-state index in [9.17, 15) is 14.6 Å². The number of aliphatic hydroxyl groups is 1. The normalized spacial score (nSPS) is 20.8. The maximum Gasteiger partial charge on any atom is 0.361 e. The lowest BCUT2D eigenvalue weighted by atomic mass is 10.0. The minimum atomic E-state index is -4.43. The van der Waals surface area contributed by atoms with Crippen molar-refractivity contribution in [2.75, 3.05) is 19.5 Å². The molecule has 1 saturated heterocycles. The Hall–Kier alpha value is -1.66. The number of nitrogen functional groups attached to an aromatic ring is 1. The van der Waals surface area contributed by atoms with Gasteiger partial charge in [-0.05, 0) is 26.2 Å². The molecule has 4 N–H and O–H groups in total. The Balaban J connectivity index is 1.34. The second-order valence-electron chi connectivity index (χ2n) is 11.6. The van der Waals surface area contributed by atoms with Crippen LogP contribution in [0.4, 0.5) is 5.82 Å². The molecule has 4 unspecified atom stereocenters. The van der Waals surface area contributed by atoms with Crippen molar-refractivity contribution >= 4 is 24.6 Å². The lowest BCUT2D eigenvalue weighted by Gasteiger charge is -2.29. The molecular weight excluding hydrogens is 573 g/mol. The van der Waals surface area contributed by atoms with E-state index in [2.05, 4.69) is 21.9 Å². The molecule has 13 heteroatoms. The summed E-state index contributed by atoms with van der Waals surface area (Å²) in [6, 6.07) is 0. The van der Waals surface area contributed by atoms with Crippen molar-refractivity contribution in [1.82, 2.24) is 19.5 Å². The summed E-state index contributed by atoms with van der Waals surface area (Å²) in [4.78, 5) is 23.2. The fourth-order valence-corrected chi connectivity index (χ4v) is 7.05. The number of aliphatic hydroxyl groups excluding tert-OH is 1. The molecular formula is C30H54N5O7P. The SMILES string of the molecule is CCCCCCCCCCCCCCCCOC(C(C)OC)P(=O)(O)OC(O)[C@@H]1CC[C@H](n2cnc3c(N)ncnc32)O1. The van der Waals surface area contributed by atoms with Gasteiger partial charge in [-0.2, -0.15) is 0 Å². The van der Waals surface area contributed by atoms with E-state index in [-0.39, 0.29) is 5.82 Å². The third kappa shape index (κ3) is 11.3. The summed E-state index contributed by atoms with van der Waals surface area (Å²) in [7, 11) is -2.99. The van der Waals surface area contributed by atoms with Crippen LogP contribution in [0.25, 0.3) is 11.2 Å². The lowest BCUT2D eigenvalue weighted by Crippen LogP contribution is -2.34. The van der Waals surface area contributed by atoms with E-state index in [1.165, 1.54) is 84.1 Å². The van der Waals surface area contributed by atoms with Gasteiger partial charge in [0, 0.05) is 13.7 Å². The van der Waals surface area contributed by atoms with Crippen LogP contribution in [0.2, 0.25) is 0 Å². The van der Waals surface area contributed by atoms with Crippen molar-refractivity contribution in [3.8, 4) is 0 Å². The number of hydrogen-bond donors (Lipinski definition) is 3. The average Bonchev–Trinajstić information content (AvgIpc) is 3.65. The van der Waals surface area contributed by atoms with Gasteiger partial charge in [0.25, 0.3) is 0 Å². The van der Waals surface area contributed by atoms with Gasteiger partial charge in [0.05, 0.1) is 12.4 Å². The van der Waals surface area contributed by atoms with E-state index in [1.54, 1.807) is 17.8 Å². The van der Waals surface area contributed by atoms with Crippen LogP contribution in [0.3, 0.4) is 0 Å². The summed E-state index contributed by atoms with van der Waals surface area (Å²) in [5, 5.41) is 10.7. The van der Waals surface area contributed by atoms with Crippen molar-refractivity contribution in [3.63, 3.8) is 0 Å². The van der Waals surface area contributed by atoms with E-state index in [4.69, 9.17) is 24.5 Å². The summed E-state index contributed by atoms with van der Waals surface area (Å²) >= 11 is 0. The van der Waals surface area contributed by atoms with Crippen LogP contribution in [-0.2, 0) is 23.3 Å². The first-order valence-corrected chi connectivity index (χ1v) is 17.8. The topological polar surface area (TPSA) is 164 Å². The van der Waals surface area contributed by atoms with E-state index in [1.807, 2.05) is 0 Å². The quantitative estimate of drug-likeness (QED) is 0.0703. The van der Waals surface area contributed by atoms with Crippen LogP contribution in [0.1, 0.15) is 123 Å². The summed E-state index contributed by atoms with van der Waals surface area (Å²) in [5.41, 5.74) is 6.84. The number of anilines is 1. The third-order valence-corrected chi connectivity index (χ3v) is 9.92. The summed E-state index contributed by atoms with van der Waals surface area (Å²) in [6.07, 6.45) is 17.6. The number of hydrogen-bond acceptors (Lipinski definition) is 10. The van der Waals surface area contributed by atoms with Gasteiger partial charge in [0.15, 0.2) is 23.6 Å². The Morgan fingerprint density at radius 2 is 1.60 bits per heavy atom.